The number of aromatic nitrogens is 3. The number of H-pyrrole nitrogens is 1. The summed E-state index contributed by atoms with van der Waals surface area (Å²) >= 11 is 0. The fourth-order valence-electron chi connectivity index (χ4n) is 2.36. The summed E-state index contributed by atoms with van der Waals surface area (Å²) in [5, 5.41) is 1.00. The van der Waals surface area contributed by atoms with Crippen LogP contribution in [-0.2, 0) is 6.42 Å². The van der Waals surface area contributed by atoms with E-state index in [1.807, 2.05) is 24.3 Å². The highest BCUT2D eigenvalue weighted by Crippen LogP contribution is 2.22. The summed E-state index contributed by atoms with van der Waals surface area (Å²) < 4.78 is 1.54. The number of fused-ring (bicyclic) bond motifs is 1. The lowest BCUT2D eigenvalue weighted by molar-refractivity contribution is 0.0959. The minimum absolute atomic E-state index is 0.189. The van der Waals surface area contributed by atoms with Gasteiger partial charge in [-0.15, -0.1) is 0 Å². The molecular formula is C15H14N4O2. The zero-order valence-electron chi connectivity index (χ0n) is 11.2. The van der Waals surface area contributed by atoms with Crippen molar-refractivity contribution in [3.05, 3.63) is 64.5 Å². The van der Waals surface area contributed by atoms with E-state index in [0.29, 0.717) is 13.0 Å². The van der Waals surface area contributed by atoms with Crippen LogP contribution in [0, 0.1) is 0 Å². The van der Waals surface area contributed by atoms with Crippen LogP contribution in [0.25, 0.3) is 10.9 Å². The number of carbonyl (C=O) groups is 1. The van der Waals surface area contributed by atoms with E-state index in [-0.39, 0.29) is 17.2 Å². The van der Waals surface area contributed by atoms with Crippen molar-refractivity contribution in [1.29, 1.82) is 0 Å². The third-order valence-electron chi connectivity index (χ3n) is 3.32. The number of benzene rings is 1. The van der Waals surface area contributed by atoms with Crippen molar-refractivity contribution in [2.24, 2.45) is 5.73 Å². The number of nitrogens with two attached hydrogens (primary N) is 1. The summed E-state index contributed by atoms with van der Waals surface area (Å²) in [4.78, 5) is 29.9. The molecule has 0 aliphatic heterocycles. The molecule has 3 N–H and O–H groups in total. The molecule has 0 aliphatic rings. The predicted octanol–water partition coefficient (Wildman–Crippen LogP) is 0.914. The molecule has 0 aliphatic carbocycles. The number of nitrogens with one attached hydrogen (secondary N) is 1. The van der Waals surface area contributed by atoms with Gasteiger partial charge in [0.25, 0.3) is 11.5 Å². The quantitative estimate of drug-likeness (QED) is 0.746. The van der Waals surface area contributed by atoms with Crippen molar-refractivity contribution in [3.8, 4) is 0 Å². The Morgan fingerprint density at radius 3 is 2.86 bits per heavy atom. The van der Waals surface area contributed by atoms with Crippen LogP contribution < -0.4 is 11.3 Å². The summed E-state index contributed by atoms with van der Waals surface area (Å²) in [5.41, 5.74) is 7.29. The third kappa shape index (κ3) is 2.36. The van der Waals surface area contributed by atoms with Crippen molar-refractivity contribution in [1.82, 2.24) is 14.5 Å². The molecule has 0 bridgehead atoms. The number of para-hydroxylation sites is 1. The minimum atomic E-state index is -0.340. The molecule has 3 rings (SSSR count). The maximum Gasteiger partial charge on any atom is 0.282 e. The van der Waals surface area contributed by atoms with E-state index in [4.69, 9.17) is 5.73 Å². The third-order valence-corrected chi connectivity index (χ3v) is 3.32. The summed E-state index contributed by atoms with van der Waals surface area (Å²) in [5.74, 6) is -0.286. The smallest absolute Gasteiger partial charge is 0.282 e. The molecule has 0 radical (unpaired) electrons. The second-order valence-corrected chi connectivity index (χ2v) is 4.68. The SMILES string of the molecule is NCCc1cn(C(=O)c2c[nH]c(=O)cn2)c2ccccc12. The van der Waals surface area contributed by atoms with E-state index in [9.17, 15) is 9.59 Å². The minimum Gasteiger partial charge on any atom is -0.330 e. The van der Waals surface area contributed by atoms with E-state index in [2.05, 4.69) is 9.97 Å². The number of aromatic amines is 1. The van der Waals surface area contributed by atoms with Crippen LogP contribution in [0.3, 0.4) is 0 Å². The number of carbonyl (C=O) groups excluding carboxylic acids is 1. The van der Waals surface area contributed by atoms with E-state index >= 15 is 0 Å². The fraction of sp³-hybridized carbons (Fsp3) is 0.133. The fourth-order valence-corrected chi connectivity index (χ4v) is 2.36. The summed E-state index contributed by atoms with van der Waals surface area (Å²) in [6.45, 7) is 0.513. The van der Waals surface area contributed by atoms with Gasteiger partial charge in [0, 0.05) is 17.8 Å². The summed E-state index contributed by atoms with van der Waals surface area (Å²) in [7, 11) is 0. The maximum atomic E-state index is 12.5. The monoisotopic (exact) mass is 282 g/mol. The standard InChI is InChI=1S/C15H14N4O2/c16-6-5-10-9-19(13-4-2-1-3-11(10)13)15(21)12-7-18-14(20)8-17-12/h1-4,7-9H,5-6,16H2,(H,18,20). The molecule has 0 fully saturated rings. The van der Waals surface area contributed by atoms with Gasteiger partial charge in [-0.2, -0.15) is 0 Å². The van der Waals surface area contributed by atoms with Crippen LogP contribution in [0.15, 0.2) is 47.7 Å². The van der Waals surface area contributed by atoms with Gasteiger partial charge >= 0.3 is 0 Å². The molecule has 2 aromatic heterocycles. The first-order valence-electron chi connectivity index (χ1n) is 6.59. The molecule has 0 atom stereocenters. The number of rotatable bonds is 3. The van der Waals surface area contributed by atoms with Crippen molar-refractivity contribution in [2.75, 3.05) is 6.54 Å². The van der Waals surface area contributed by atoms with Crippen LogP contribution in [0.2, 0.25) is 0 Å². The molecule has 6 heteroatoms. The molecule has 0 spiro atoms. The van der Waals surface area contributed by atoms with Gasteiger partial charge < -0.3 is 10.7 Å². The highest BCUT2D eigenvalue weighted by molar-refractivity contribution is 6.01. The van der Waals surface area contributed by atoms with Crippen molar-refractivity contribution in [2.45, 2.75) is 6.42 Å². The molecule has 21 heavy (non-hydrogen) atoms. The molecule has 2 heterocycles. The van der Waals surface area contributed by atoms with Gasteiger partial charge in [0.15, 0.2) is 0 Å². The Hall–Kier alpha value is -2.73. The Balaban J connectivity index is 2.13. The highest BCUT2D eigenvalue weighted by atomic mass is 16.2. The number of nitrogens with zero attached hydrogens (tertiary/aromatic N) is 2. The van der Waals surface area contributed by atoms with E-state index in [1.54, 1.807) is 10.8 Å². The van der Waals surface area contributed by atoms with Crippen LogP contribution in [0.1, 0.15) is 16.1 Å². The van der Waals surface area contributed by atoms with Crippen LogP contribution in [0.5, 0.6) is 0 Å². The van der Waals surface area contributed by atoms with Gasteiger partial charge in [0.2, 0.25) is 0 Å². The molecule has 1 aromatic carbocycles. The van der Waals surface area contributed by atoms with Crippen LogP contribution >= 0.6 is 0 Å². The molecule has 3 aromatic rings. The Bertz CT molecular complexity index is 843. The van der Waals surface area contributed by atoms with Crippen molar-refractivity contribution in [3.63, 3.8) is 0 Å². The van der Waals surface area contributed by atoms with Gasteiger partial charge in [-0.25, -0.2) is 4.98 Å². The van der Waals surface area contributed by atoms with Crippen molar-refractivity contribution >= 4 is 16.8 Å². The number of hydrogen-bond acceptors (Lipinski definition) is 4. The Kier molecular flexibility index (Phi) is 3.37. The first-order valence-corrected chi connectivity index (χ1v) is 6.59. The molecule has 0 unspecified atom stereocenters. The summed E-state index contributed by atoms with van der Waals surface area (Å²) in [6.07, 6.45) is 4.90. The molecule has 106 valence electrons. The zero-order chi connectivity index (χ0) is 14.8. The molecular weight excluding hydrogens is 268 g/mol. The van der Waals surface area contributed by atoms with Gasteiger partial charge in [0.1, 0.15) is 5.69 Å². The molecule has 0 saturated heterocycles. The summed E-state index contributed by atoms with van der Waals surface area (Å²) in [6, 6.07) is 7.64. The van der Waals surface area contributed by atoms with Gasteiger partial charge in [0.05, 0.1) is 11.7 Å². The van der Waals surface area contributed by atoms with Gasteiger partial charge in [-0.1, -0.05) is 18.2 Å². The van der Waals surface area contributed by atoms with Crippen LogP contribution in [-0.4, -0.2) is 27.0 Å². The Labute approximate surface area is 120 Å². The lowest BCUT2D eigenvalue weighted by Crippen LogP contribution is -2.16. The van der Waals surface area contributed by atoms with E-state index in [0.717, 1.165) is 22.7 Å². The molecule has 0 amide bonds. The topological polar surface area (TPSA) is 93.8 Å². The average molecular weight is 282 g/mol. The maximum absolute atomic E-state index is 12.5. The highest BCUT2D eigenvalue weighted by Gasteiger charge is 2.15. The second kappa shape index (κ2) is 5.34. The zero-order valence-corrected chi connectivity index (χ0v) is 11.2. The second-order valence-electron chi connectivity index (χ2n) is 4.68. The van der Waals surface area contributed by atoms with E-state index < -0.39 is 0 Å². The first kappa shape index (κ1) is 13.3. The van der Waals surface area contributed by atoms with Crippen LogP contribution in [0.4, 0.5) is 0 Å². The van der Waals surface area contributed by atoms with E-state index in [1.165, 1.54) is 6.20 Å². The largest absolute Gasteiger partial charge is 0.330 e. The van der Waals surface area contributed by atoms with Gasteiger partial charge in [-0.05, 0) is 24.6 Å². The molecule has 6 nitrogen and oxygen atoms in total. The Morgan fingerprint density at radius 2 is 2.14 bits per heavy atom. The normalized spacial score (nSPS) is 10.9. The van der Waals surface area contributed by atoms with Crippen molar-refractivity contribution < 1.29 is 4.79 Å². The lowest BCUT2D eigenvalue weighted by Gasteiger charge is -2.02. The number of hydrogen-bond donors (Lipinski definition) is 2. The predicted molar refractivity (Wildman–Crippen MR) is 79.3 cm³/mol. The average Bonchev–Trinajstić information content (AvgIpc) is 2.87. The first-order chi connectivity index (χ1) is 10.2. The van der Waals surface area contributed by atoms with Gasteiger partial charge in [-0.3, -0.25) is 14.2 Å². The Morgan fingerprint density at radius 1 is 1.33 bits per heavy atom. The molecule has 0 saturated carbocycles. The lowest BCUT2D eigenvalue weighted by atomic mass is 10.1.